The molecule has 1 aromatic heterocycles. The van der Waals surface area contributed by atoms with Gasteiger partial charge in [-0.05, 0) is 47.3 Å². The lowest BCUT2D eigenvalue weighted by atomic mass is 10.0. The molecule has 1 unspecified atom stereocenters. The molecule has 170 valence electrons. The predicted octanol–water partition coefficient (Wildman–Crippen LogP) is 4.95. The number of rotatable bonds is 7. The molecule has 2 heterocycles. The third-order valence-corrected chi connectivity index (χ3v) is 6.30. The fraction of sp³-hybridized carbons (Fsp3) is 0.208. The van der Waals surface area contributed by atoms with Gasteiger partial charge in [-0.2, -0.15) is 5.10 Å². The molecule has 7 nitrogen and oxygen atoms in total. The Bertz CT molecular complexity index is 1200. The molecule has 1 amide bonds. The van der Waals surface area contributed by atoms with E-state index in [0.29, 0.717) is 22.9 Å². The van der Waals surface area contributed by atoms with E-state index in [-0.39, 0.29) is 11.6 Å². The zero-order chi connectivity index (χ0) is 23.4. The van der Waals surface area contributed by atoms with Gasteiger partial charge in [0.25, 0.3) is 5.91 Å². The van der Waals surface area contributed by atoms with Crippen molar-refractivity contribution in [3.05, 3.63) is 81.0 Å². The Morgan fingerprint density at radius 3 is 2.61 bits per heavy atom. The number of benzene rings is 2. The number of amides is 1. The molecule has 0 radical (unpaired) electrons. The van der Waals surface area contributed by atoms with Crippen molar-refractivity contribution < 1.29 is 23.8 Å². The number of hydrogen-bond acceptors (Lipinski definition) is 7. The molecule has 3 aromatic rings. The second kappa shape index (κ2) is 10.1. The molecule has 0 saturated heterocycles. The van der Waals surface area contributed by atoms with Gasteiger partial charge in [-0.15, -0.1) is 11.3 Å². The van der Waals surface area contributed by atoms with Gasteiger partial charge in [0.2, 0.25) is 0 Å². The molecule has 0 N–H and O–H groups in total. The fourth-order valence-electron chi connectivity index (χ4n) is 3.54. The van der Waals surface area contributed by atoms with Crippen molar-refractivity contribution in [2.24, 2.45) is 5.10 Å². The Kier molecular flexibility index (Phi) is 6.96. The van der Waals surface area contributed by atoms with Crippen molar-refractivity contribution >= 4 is 40.5 Å². The van der Waals surface area contributed by atoms with Crippen LogP contribution >= 0.6 is 22.9 Å². The summed E-state index contributed by atoms with van der Waals surface area (Å²) in [5.74, 6) is 0.0817. The van der Waals surface area contributed by atoms with Gasteiger partial charge >= 0.3 is 5.97 Å². The number of thiophene rings is 1. The minimum atomic E-state index is -0.629. The maximum atomic E-state index is 13.1. The second-order valence-electron chi connectivity index (χ2n) is 7.18. The normalized spacial score (nSPS) is 15.2. The maximum Gasteiger partial charge on any atom is 0.338 e. The number of carbonyl (C=O) groups is 2. The van der Waals surface area contributed by atoms with Crippen LogP contribution in [0, 0.1) is 0 Å². The zero-order valence-electron chi connectivity index (χ0n) is 18.0. The van der Waals surface area contributed by atoms with Gasteiger partial charge in [-0.25, -0.2) is 9.80 Å². The Morgan fingerprint density at radius 2 is 1.91 bits per heavy atom. The summed E-state index contributed by atoms with van der Waals surface area (Å²) < 4.78 is 16.0. The van der Waals surface area contributed by atoms with Crippen LogP contribution in [0.3, 0.4) is 0 Å². The summed E-state index contributed by atoms with van der Waals surface area (Å²) in [5.41, 5.74) is 1.90. The molecule has 0 fully saturated rings. The summed E-state index contributed by atoms with van der Waals surface area (Å²) in [6, 6.07) is 15.4. The first-order valence-electron chi connectivity index (χ1n) is 10.1. The van der Waals surface area contributed by atoms with E-state index < -0.39 is 18.5 Å². The zero-order valence-corrected chi connectivity index (χ0v) is 19.6. The molecule has 0 saturated carbocycles. The van der Waals surface area contributed by atoms with Crippen LogP contribution in [0.5, 0.6) is 11.5 Å². The van der Waals surface area contributed by atoms with Gasteiger partial charge in [0.1, 0.15) is 0 Å². The molecule has 9 heteroatoms. The van der Waals surface area contributed by atoms with Crippen LogP contribution in [0.15, 0.2) is 65.1 Å². The highest BCUT2D eigenvalue weighted by Crippen LogP contribution is 2.37. The van der Waals surface area contributed by atoms with E-state index >= 15 is 0 Å². The third-order valence-electron chi connectivity index (χ3n) is 5.15. The van der Waals surface area contributed by atoms with Crippen molar-refractivity contribution in [1.29, 1.82) is 0 Å². The van der Waals surface area contributed by atoms with Gasteiger partial charge in [-0.1, -0.05) is 29.8 Å². The number of nitrogens with zero attached hydrogens (tertiary/aromatic N) is 2. The Balaban J connectivity index is 1.56. The van der Waals surface area contributed by atoms with E-state index in [1.165, 1.54) is 11.1 Å². The van der Waals surface area contributed by atoms with Crippen molar-refractivity contribution in [2.45, 2.75) is 12.5 Å². The van der Waals surface area contributed by atoms with Crippen molar-refractivity contribution in [2.75, 3.05) is 20.8 Å². The van der Waals surface area contributed by atoms with E-state index in [1.807, 2.05) is 29.6 Å². The van der Waals surface area contributed by atoms with Crippen LogP contribution in [0.4, 0.5) is 0 Å². The van der Waals surface area contributed by atoms with Crippen molar-refractivity contribution in [3.8, 4) is 11.5 Å². The summed E-state index contributed by atoms with van der Waals surface area (Å²) >= 11 is 7.48. The molecule has 0 bridgehead atoms. The third kappa shape index (κ3) is 5.02. The number of ether oxygens (including phenoxy) is 3. The molecule has 0 spiro atoms. The highest BCUT2D eigenvalue weighted by Gasteiger charge is 2.34. The number of methoxy groups -OCH3 is 2. The summed E-state index contributed by atoms with van der Waals surface area (Å²) in [6.45, 7) is -0.448. The largest absolute Gasteiger partial charge is 0.493 e. The fourth-order valence-corrected chi connectivity index (χ4v) is 4.46. The van der Waals surface area contributed by atoms with Crippen molar-refractivity contribution in [3.63, 3.8) is 0 Å². The summed E-state index contributed by atoms with van der Waals surface area (Å²) in [7, 11) is 3.12. The molecule has 1 aliphatic heterocycles. The number of esters is 1. The molecule has 1 atom stereocenters. The van der Waals surface area contributed by atoms with Crippen molar-refractivity contribution in [1.82, 2.24) is 5.01 Å². The van der Waals surface area contributed by atoms with E-state index in [0.717, 1.165) is 16.2 Å². The van der Waals surface area contributed by atoms with Crippen LogP contribution in [0.2, 0.25) is 5.02 Å². The van der Waals surface area contributed by atoms with Gasteiger partial charge < -0.3 is 14.2 Å². The van der Waals surface area contributed by atoms with E-state index in [9.17, 15) is 9.59 Å². The topological polar surface area (TPSA) is 77.4 Å². The highest BCUT2D eigenvalue weighted by atomic mass is 35.5. The number of hydrazone groups is 1. The standard InChI is InChI=1S/C24H21ClN2O5S/c1-30-20-9-8-15(12-21(20)31-2)19-13-18(22-7-4-10-33-22)26-27(19)23(28)14-32-24(29)16-5-3-6-17(25)11-16/h3-12,19H,13-14H2,1-2H3. The molecule has 1 aliphatic rings. The Morgan fingerprint density at radius 1 is 1.09 bits per heavy atom. The lowest BCUT2D eigenvalue weighted by Gasteiger charge is -2.22. The summed E-state index contributed by atoms with van der Waals surface area (Å²) in [6.07, 6.45) is 0.518. The summed E-state index contributed by atoms with van der Waals surface area (Å²) in [5, 5.41) is 8.32. The van der Waals surface area contributed by atoms with Crippen LogP contribution in [0.25, 0.3) is 0 Å². The lowest BCUT2D eigenvalue weighted by molar-refractivity contribution is -0.136. The average Bonchev–Trinajstić information content (AvgIpc) is 3.52. The molecule has 33 heavy (non-hydrogen) atoms. The number of hydrogen-bond donors (Lipinski definition) is 0. The van der Waals surface area contributed by atoms with Crippen LogP contribution in [-0.2, 0) is 9.53 Å². The maximum absolute atomic E-state index is 13.1. The second-order valence-corrected chi connectivity index (χ2v) is 8.57. The Labute approximate surface area is 200 Å². The molecular formula is C24H21ClN2O5S. The molecule has 2 aromatic carbocycles. The quantitative estimate of drug-likeness (QED) is 0.443. The number of halogens is 1. The van der Waals surface area contributed by atoms with Gasteiger partial charge in [0.05, 0.1) is 36.4 Å². The van der Waals surface area contributed by atoms with Gasteiger partial charge in [0.15, 0.2) is 18.1 Å². The van der Waals surface area contributed by atoms with Crippen LogP contribution in [0.1, 0.15) is 33.3 Å². The van der Waals surface area contributed by atoms with E-state index in [2.05, 4.69) is 5.10 Å². The van der Waals surface area contributed by atoms with Gasteiger partial charge in [0, 0.05) is 11.4 Å². The highest BCUT2D eigenvalue weighted by molar-refractivity contribution is 7.12. The minimum absolute atomic E-state index is 0.274. The smallest absolute Gasteiger partial charge is 0.338 e. The molecule has 4 rings (SSSR count). The lowest BCUT2D eigenvalue weighted by Crippen LogP contribution is -2.31. The van der Waals surface area contributed by atoms with Crippen LogP contribution < -0.4 is 9.47 Å². The SMILES string of the molecule is COc1ccc(C2CC(c3cccs3)=NN2C(=O)COC(=O)c2cccc(Cl)c2)cc1OC. The van der Waals surface area contributed by atoms with E-state index in [4.69, 9.17) is 25.8 Å². The first-order valence-corrected chi connectivity index (χ1v) is 11.3. The molecular weight excluding hydrogens is 464 g/mol. The average molecular weight is 485 g/mol. The first-order chi connectivity index (χ1) is 16.0. The number of carbonyl (C=O) groups excluding carboxylic acids is 2. The van der Waals surface area contributed by atoms with Crippen LogP contribution in [-0.4, -0.2) is 43.4 Å². The molecule has 0 aliphatic carbocycles. The Hall–Kier alpha value is -3.36. The monoisotopic (exact) mass is 484 g/mol. The van der Waals surface area contributed by atoms with E-state index in [1.54, 1.807) is 49.8 Å². The summed E-state index contributed by atoms with van der Waals surface area (Å²) in [4.78, 5) is 26.4. The predicted molar refractivity (Wildman–Crippen MR) is 126 cm³/mol. The van der Waals surface area contributed by atoms with Gasteiger partial charge in [-0.3, -0.25) is 4.79 Å². The minimum Gasteiger partial charge on any atom is -0.493 e. The first kappa shape index (κ1) is 22.8.